The maximum absolute atomic E-state index is 13.8. The Kier molecular flexibility index (Phi) is 27.1. The van der Waals surface area contributed by atoms with Gasteiger partial charge in [0.25, 0.3) is 0 Å². The molecule has 0 aliphatic carbocycles. The Morgan fingerprint density at radius 1 is 0.315 bits per heavy atom. The number of rotatable bonds is 7. The lowest BCUT2D eigenvalue weighted by Gasteiger charge is -2.26. The summed E-state index contributed by atoms with van der Waals surface area (Å²) in [5.74, 6) is -2.80. The number of nitrogens with zero attached hydrogens (tertiary/aromatic N) is 6. The highest BCUT2D eigenvalue weighted by Gasteiger charge is 2.40. The first kappa shape index (κ1) is 83.5. The summed E-state index contributed by atoms with van der Waals surface area (Å²) in [6.45, 7) is 40.1. The minimum absolute atomic E-state index is 0.101. The summed E-state index contributed by atoms with van der Waals surface area (Å²) in [6.07, 6.45) is 23.5. The number of ether oxygens (including phenoxy) is 1. The largest absolute Gasteiger partial charge is 0.498 e. The molecule has 0 radical (unpaired) electrons. The van der Waals surface area contributed by atoms with Crippen molar-refractivity contribution in [2.24, 2.45) is 0 Å². The lowest BCUT2D eigenvalue weighted by molar-refractivity contribution is -0.418. The van der Waals surface area contributed by atoms with Gasteiger partial charge in [0, 0.05) is 22.3 Å². The molecule has 564 valence electrons. The molecule has 108 heavy (non-hydrogen) atoms. The number of methoxy groups -OCH3 is 1. The minimum atomic E-state index is -4.92. The van der Waals surface area contributed by atoms with Crippen molar-refractivity contribution in [1.82, 2.24) is 0 Å². The highest BCUT2D eigenvalue weighted by Crippen LogP contribution is 2.43. The SMILES string of the molecule is C=[N+]1C=CC(C)=C[C-]1c1c(C)cc(C(F)(F)F)cc1C(F)(F)F.C=[N+]1C=CC(C)=C[C-]1c1c(C)cc(F)cc1F.C=[N+]1C=CC(C)=C[C-]1c1cc(C(F)(F)F)c(F)cc1C.C=[N+]1C=CC=C[C-]1c1c(C)cc(F)cc1F.C=[N+]1C=CC=C[C-]1c1cc(C)c(F)cc1C.C=[N+]1C=CC=C[C-]1c1ccc(OC)cc1C. The molecule has 0 fully saturated rings. The van der Waals surface area contributed by atoms with Crippen LogP contribution in [-0.2, 0) is 18.5 Å². The predicted molar refractivity (Wildman–Crippen MR) is 395 cm³/mol. The van der Waals surface area contributed by atoms with Crippen molar-refractivity contribution in [3.05, 3.63) is 384 Å². The Balaban J connectivity index is 0.000000181. The van der Waals surface area contributed by atoms with Gasteiger partial charge in [0.1, 0.15) is 102 Å². The van der Waals surface area contributed by atoms with Crippen molar-refractivity contribution in [2.75, 3.05) is 7.11 Å². The molecule has 0 saturated carbocycles. The van der Waals surface area contributed by atoms with Crippen LogP contribution >= 0.6 is 0 Å². The Hall–Kier alpha value is -11.8. The summed E-state index contributed by atoms with van der Waals surface area (Å²) < 4.78 is 212. The standard InChI is InChI=1S/C16H13F6N.C15H13F4N.C14H13F2N.C14H14FN.C14H15NO.C13H11F2N/c1-9-4-5-23(3)13(6-9)14-10(2)7-11(15(17,18)19)8-12(14)16(20,21)22;1-9-4-5-20(3)14(6-9)11-8-12(15(17,18)19)13(16)7-10(11)2;1-9-4-5-17(3)13(6-9)14-10(2)7-11(15)8-12(14)16;1-10-9-13(15)11(2)8-12(10)14-6-4-5-7-16(14)3;1-11-10-12(16-3)7-8-13(11)14-6-4-5-9-15(14)2;1-9-7-10(14)8-11(15)13(9)12-5-3-4-6-16(12)2/h4-8H,3H2,1-2H3;4-8H,3H2,1-2H3;4-8H,3H2,1-2H3;4-9H,3H2,1-2H3;4-10H,2H2,1,3H3;3-8H,2H2,1H3. The third kappa shape index (κ3) is 21.0. The van der Waals surface area contributed by atoms with E-state index in [4.69, 9.17) is 4.74 Å². The molecular formula is C86H79F15N6O. The fourth-order valence-electron chi connectivity index (χ4n) is 11.6. The zero-order valence-corrected chi connectivity index (χ0v) is 61.1. The molecular weight excluding hydrogens is 1420 g/mol. The molecule has 0 aromatic heterocycles. The second-order valence-electron chi connectivity index (χ2n) is 25.5. The van der Waals surface area contributed by atoms with Gasteiger partial charge in [-0.1, -0.05) is 203 Å². The molecule has 6 heterocycles. The van der Waals surface area contributed by atoms with Crippen LogP contribution in [-0.4, -0.2) is 74.9 Å². The molecule has 0 saturated heterocycles. The van der Waals surface area contributed by atoms with Crippen LogP contribution in [0.5, 0.6) is 5.75 Å². The van der Waals surface area contributed by atoms with Crippen LogP contribution < -0.4 is 4.74 Å². The van der Waals surface area contributed by atoms with Gasteiger partial charge < -0.3 is 4.74 Å². The highest BCUT2D eigenvalue weighted by molar-refractivity contribution is 5.54. The van der Waals surface area contributed by atoms with Gasteiger partial charge in [-0.25, -0.2) is 26.3 Å². The van der Waals surface area contributed by atoms with E-state index in [1.807, 2.05) is 98.5 Å². The van der Waals surface area contributed by atoms with Crippen molar-refractivity contribution < 1.29 is 98.0 Å². The topological polar surface area (TPSA) is 27.3 Å². The second-order valence-corrected chi connectivity index (χ2v) is 25.5. The quantitative estimate of drug-likeness (QED) is 0.0889. The Morgan fingerprint density at radius 3 is 1.12 bits per heavy atom. The Labute approximate surface area is 620 Å². The molecule has 6 aliphatic rings. The van der Waals surface area contributed by atoms with E-state index in [2.05, 4.69) is 59.4 Å². The Morgan fingerprint density at radius 2 is 0.694 bits per heavy atom. The minimum Gasteiger partial charge on any atom is -0.498 e. The molecule has 6 aliphatic heterocycles. The third-order valence-corrected chi connectivity index (χ3v) is 17.0. The number of halogens is 15. The first-order valence-electron chi connectivity index (χ1n) is 33.0. The van der Waals surface area contributed by atoms with E-state index in [1.54, 1.807) is 117 Å². The normalized spacial score (nSPS) is 15.1. The maximum Gasteiger partial charge on any atom is 0.415 e. The first-order valence-corrected chi connectivity index (χ1v) is 33.0. The average Bonchev–Trinajstić information content (AvgIpc) is 0.767. The summed E-state index contributed by atoms with van der Waals surface area (Å²) in [7, 11) is 1.68. The lowest BCUT2D eigenvalue weighted by Crippen LogP contribution is -2.22. The van der Waals surface area contributed by atoms with Crippen molar-refractivity contribution in [2.45, 2.75) is 87.8 Å². The number of alkyl halides is 9. The summed E-state index contributed by atoms with van der Waals surface area (Å²) in [5, 5.41) is 0. The van der Waals surface area contributed by atoms with E-state index in [0.717, 1.165) is 64.4 Å². The van der Waals surface area contributed by atoms with Crippen molar-refractivity contribution in [1.29, 1.82) is 0 Å². The molecule has 6 aromatic rings. The fourth-order valence-corrected chi connectivity index (χ4v) is 11.6. The van der Waals surface area contributed by atoms with Crippen LogP contribution in [0.4, 0.5) is 65.9 Å². The summed E-state index contributed by atoms with van der Waals surface area (Å²) in [4.78, 5) is 0. The predicted octanol–water partition coefficient (Wildman–Crippen LogP) is 21.4. The van der Waals surface area contributed by atoms with Gasteiger partial charge >= 0.3 is 18.5 Å². The van der Waals surface area contributed by atoms with Crippen LogP contribution in [0.1, 0.15) is 110 Å². The van der Waals surface area contributed by atoms with Gasteiger partial charge in [0.15, 0.2) is 0 Å². The molecule has 0 atom stereocenters. The smallest absolute Gasteiger partial charge is 0.415 e. The van der Waals surface area contributed by atoms with Gasteiger partial charge in [-0.05, 0) is 95.5 Å². The summed E-state index contributed by atoms with van der Waals surface area (Å²) in [6, 6.07) is 20.5. The number of hydrogen-bond donors (Lipinski definition) is 0. The maximum atomic E-state index is 13.8. The van der Waals surface area contributed by atoms with Crippen molar-refractivity contribution in [3.63, 3.8) is 0 Å². The fraction of sp³-hybridized carbons (Fsp3) is 0.163. The number of hydrogen-bond acceptors (Lipinski definition) is 1. The molecule has 0 amide bonds. The van der Waals surface area contributed by atoms with Crippen molar-refractivity contribution in [3.8, 4) is 5.75 Å². The van der Waals surface area contributed by atoms with Gasteiger partial charge in [-0.2, -0.15) is 39.5 Å². The third-order valence-electron chi connectivity index (χ3n) is 17.0. The van der Waals surface area contributed by atoms with E-state index >= 15 is 0 Å². The monoisotopic (exact) mass is 1500 g/mol. The zero-order chi connectivity index (χ0) is 80.2. The summed E-state index contributed by atoms with van der Waals surface area (Å²) >= 11 is 0. The van der Waals surface area contributed by atoms with E-state index in [9.17, 15) is 65.9 Å². The van der Waals surface area contributed by atoms with Crippen LogP contribution in [0.3, 0.4) is 0 Å². The van der Waals surface area contributed by atoms with Gasteiger partial charge in [0.2, 0.25) is 0 Å². The zero-order valence-electron chi connectivity index (χ0n) is 61.1. The van der Waals surface area contributed by atoms with Gasteiger partial charge in [0.05, 0.1) is 64.6 Å². The van der Waals surface area contributed by atoms with Crippen molar-refractivity contribution >= 4 is 40.3 Å². The van der Waals surface area contributed by atoms with E-state index in [1.165, 1.54) is 51.6 Å². The lowest BCUT2D eigenvalue weighted by atomic mass is 9.90. The molecule has 0 bridgehead atoms. The van der Waals surface area contributed by atoms with Crippen LogP contribution in [0, 0.1) is 120 Å². The van der Waals surface area contributed by atoms with E-state index in [-0.39, 0.29) is 29.1 Å². The highest BCUT2D eigenvalue weighted by atomic mass is 19.4. The number of benzene rings is 6. The van der Waals surface area contributed by atoms with E-state index in [0.29, 0.717) is 68.7 Å². The Bertz CT molecular complexity index is 4880. The van der Waals surface area contributed by atoms with Crippen LogP contribution in [0.25, 0.3) is 0 Å². The molecule has 22 heteroatoms. The number of aryl methyl sites for hydroxylation is 7. The molecule has 12 rings (SSSR count). The molecule has 7 nitrogen and oxygen atoms in total. The second kappa shape index (κ2) is 35.1. The molecule has 0 N–H and O–H groups in total. The van der Waals surface area contributed by atoms with Crippen LogP contribution in [0.15, 0.2) is 224 Å². The molecule has 0 unspecified atom stereocenters. The van der Waals surface area contributed by atoms with Gasteiger partial charge in [-0.3, -0.25) is 27.5 Å². The molecule has 6 aromatic carbocycles. The van der Waals surface area contributed by atoms with E-state index < -0.39 is 64.3 Å². The van der Waals surface area contributed by atoms with Crippen LogP contribution in [0.2, 0.25) is 0 Å². The number of allylic oxidation sites excluding steroid dienone is 12. The summed E-state index contributed by atoms with van der Waals surface area (Å²) in [5.41, 5.74) is 5.84. The van der Waals surface area contributed by atoms with Gasteiger partial charge in [-0.15, -0.1) is 18.2 Å². The average molecular weight is 1500 g/mol. The molecule has 0 spiro atoms. The first-order chi connectivity index (χ1) is 50.5.